The lowest BCUT2D eigenvalue weighted by Crippen LogP contribution is -2.51. The first kappa shape index (κ1) is 15.2. The monoisotopic (exact) mass is 293 g/mol. The van der Waals surface area contributed by atoms with E-state index in [1.165, 1.54) is 18.2 Å². The number of nitrogens with zero attached hydrogens (tertiary/aromatic N) is 2. The molecule has 0 radical (unpaired) electrons. The number of anilines is 1. The molecule has 2 atom stereocenters. The van der Waals surface area contributed by atoms with Gasteiger partial charge in [0.25, 0.3) is 5.69 Å². The highest BCUT2D eigenvalue weighted by atomic mass is 16.6. The van der Waals surface area contributed by atoms with Gasteiger partial charge in [-0.25, -0.2) is 4.79 Å². The van der Waals surface area contributed by atoms with Crippen LogP contribution in [-0.2, 0) is 0 Å². The maximum Gasteiger partial charge on any atom is 0.322 e. The normalized spacial score (nSPS) is 21.9. The quantitative estimate of drug-likeness (QED) is 0.659. The Hall–Kier alpha value is -2.15. The fourth-order valence-corrected chi connectivity index (χ4v) is 2.67. The molecule has 1 saturated heterocycles. The van der Waals surface area contributed by atoms with Crippen LogP contribution in [0.4, 0.5) is 16.2 Å². The molecular weight excluding hydrogens is 274 g/mol. The lowest BCUT2D eigenvalue weighted by molar-refractivity contribution is -0.384. The third kappa shape index (κ3) is 3.49. The van der Waals surface area contributed by atoms with Crippen molar-refractivity contribution in [2.45, 2.75) is 25.8 Å². The third-order valence-electron chi connectivity index (χ3n) is 3.87. The van der Waals surface area contributed by atoms with Gasteiger partial charge in [-0.3, -0.25) is 10.1 Å². The number of hydrogen-bond donors (Lipinski definition) is 2. The van der Waals surface area contributed by atoms with Crippen LogP contribution in [0.25, 0.3) is 0 Å². The summed E-state index contributed by atoms with van der Waals surface area (Å²) in [4.78, 5) is 24.1. The van der Waals surface area contributed by atoms with Gasteiger partial charge in [0.1, 0.15) is 0 Å². The number of hydrogen-bond acceptors (Lipinski definition) is 4. The number of nitro groups is 1. The van der Waals surface area contributed by atoms with Crippen LogP contribution in [0.5, 0.6) is 0 Å². The van der Waals surface area contributed by atoms with Gasteiger partial charge in [0.15, 0.2) is 0 Å². The number of amides is 2. The molecule has 0 spiro atoms. The summed E-state index contributed by atoms with van der Waals surface area (Å²) in [6, 6.07) is 5.27. The van der Waals surface area contributed by atoms with E-state index in [-0.39, 0.29) is 30.3 Å². The van der Waals surface area contributed by atoms with Crippen LogP contribution in [0.15, 0.2) is 24.3 Å². The lowest BCUT2D eigenvalue weighted by atomic mass is 9.91. The van der Waals surface area contributed by atoms with Gasteiger partial charge >= 0.3 is 6.03 Å². The minimum absolute atomic E-state index is 0.0708. The summed E-state index contributed by atoms with van der Waals surface area (Å²) in [5.74, 6) is 0.236. The number of piperidine rings is 1. The van der Waals surface area contributed by atoms with Gasteiger partial charge in [0.2, 0.25) is 0 Å². The van der Waals surface area contributed by atoms with Crippen molar-refractivity contribution in [2.24, 2.45) is 5.92 Å². The topological polar surface area (TPSA) is 95.7 Å². The van der Waals surface area contributed by atoms with E-state index in [0.717, 1.165) is 12.8 Å². The summed E-state index contributed by atoms with van der Waals surface area (Å²) in [6.45, 7) is 2.51. The van der Waals surface area contributed by atoms with Crippen molar-refractivity contribution >= 4 is 17.4 Å². The van der Waals surface area contributed by atoms with E-state index in [9.17, 15) is 20.0 Å². The summed E-state index contributed by atoms with van der Waals surface area (Å²) in [5.41, 5.74) is 0.308. The van der Waals surface area contributed by atoms with Gasteiger partial charge in [-0.1, -0.05) is 13.0 Å². The lowest BCUT2D eigenvalue weighted by Gasteiger charge is -2.38. The summed E-state index contributed by atoms with van der Waals surface area (Å²) < 4.78 is 0. The smallest absolute Gasteiger partial charge is 0.322 e. The highest BCUT2D eigenvalue weighted by Gasteiger charge is 2.31. The van der Waals surface area contributed by atoms with Crippen LogP contribution in [0.3, 0.4) is 0 Å². The van der Waals surface area contributed by atoms with E-state index >= 15 is 0 Å². The molecule has 1 aromatic rings. The minimum atomic E-state index is -0.505. The second-order valence-corrected chi connectivity index (χ2v) is 5.30. The van der Waals surface area contributed by atoms with Gasteiger partial charge in [-0.2, -0.15) is 0 Å². The number of non-ortho nitro benzene ring substituents is 1. The minimum Gasteiger partial charge on any atom is -0.394 e. The molecular formula is C14H19N3O4. The number of aliphatic hydroxyl groups excluding tert-OH is 1. The first-order chi connectivity index (χ1) is 10.0. The molecule has 0 saturated carbocycles. The molecule has 1 fully saturated rings. The number of likely N-dealkylation sites (tertiary alicyclic amines) is 1. The number of rotatable bonds is 3. The first-order valence-electron chi connectivity index (χ1n) is 6.96. The number of aliphatic hydroxyl groups is 1. The largest absolute Gasteiger partial charge is 0.394 e. The number of benzene rings is 1. The van der Waals surface area contributed by atoms with Gasteiger partial charge in [-0.05, 0) is 24.8 Å². The SMILES string of the molecule is C[C@H]1CCCN(C(=O)Nc2cccc([N+](=O)[O-])c2)[C@@H]1CO. The van der Waals surface area contributed by atoms with E-state index < -0.39 is 4.92 Å². The molecule has 1 aliphatic heterocycles. The Morgan fingerprint density at radius 1 is 1.57 bits per heavy atom. The molecule has 0 aromatic heterocycles. The maximum absolute atomic E-state index is 12.3. The summed E-state index contributed by atoms with van der Waals surface area (Å²) in [6.07, 6.45) is 1.87. The first-order valence-corrected chi connectivity index (χ1v) is 6.96. The maximum atomic E-state index is 12.3. The van der Waals surface area contributed by atoms with E-state index in [0.29, 0.717) is 12.2 Å². The molecule has 7 heteroatoms. The van der Waals surface area contributed by atoms with Crippen molar-refractivity contribution in [3.63, 3.8) is 0 Å². The number of carbonyl (C=O) groups excluding carboxylic acids is 1. The fourth-order valence-electron chi connectivity index (χ4n) is 2.67. The zero-order chi connectivity index (χ0) is 15.4. The van der Waals surface area contributed by atoms with Crippen LogP contribution in [0.2, 0.25) is 0 Å². The molecule has 21 heavy (non-hydrogen) atoms. The van der Waals surface area contributed by atoms with Crippen molar-refractivity contribution in [3.8, 4) is 0 Å². The van der Waals surface area contributed by atoms with Gasteiger partial charge in [0, 0.05) is 24.4 Å². The molecule has 1 heterocycles. The molecule has 1 aliphatic rings. The second-order valence-electron chi connectivity index (χ2n) is 5.30. The van der Waals surface area contributed by atoms with Crippen molar-refractivity contribution in [3.05, 3.63) is 34.4 Å². The standard InChI is InChI=1S/C14H19N3O4/c1-10-4-3-7-16(13(10)9-18)14(19)15-11-5-2-6-12(8-11)17(20)21/h2,5-6,8,10,13,18H,3-4,7,9H2,1H3,(H,15,19)/t10-,13+/m0/s1. The predicted molar refractivity (Wildman–Crippen MR) is 78.1 cm³/mol. The van der Waals surface area contributed by atoms with Gasteiger partial charge in [0.05, 0.1) is 17.6 Å². The Balaban J connectivity index is 2.10. The summed E-state index contributed by atoms with van der Waals surface area (Å²) >= 11 is 0. The van der Waals surface area contributed by atoms with E-state index in [1.807, 2.05) is 6.92 Å². The number of nitrogens with one attached hydrogen (secondary N) is 1. The van der Waals surface area contributed by atoms with Crippen molar-refractivity contribution < 1.29 is 14.8 Å². The zero-order valence-electron chi connectivity index (χ0n) is 11.9. The molecule has 114 valence electrons. The van der Waals surface area contributed by atoms with Gasteiger partial charge in [-0.15, -0.1) is 0 Å². The molecule has 0 bridgehead atoms. The van der Waals surface area contributed by atoms with Gasteiger partial charge < -0.3 is 15.3 Å². The molecule has 1 aromatic carbocycles. The molecule has 0 unspecified atom stereocenters. The Kier molecular flexibility index (Phi) is 4.74. The van der Waals surface area contributed by atoms with Crippen molar-refractivity contribution in [1.29, 1.82) is 0 Å². The summed E-state index contributed by atoms with van der Waals surface area (Å²) in [5, 5.41) is 22.8. The van der Waals surface area contributed by atoms with E-state index in [1.54, 1.807) is 11.0 Å². The highest BCUT2D eigenvalue weighted by molar-refractivity contribution is 5.90. The molecule has 2 N–H and O–H groups in total. The number of nitro benzene ring substituents is 1. The van der Waals surface area contributed by atoms with E-state index in [2.05, 4.69) is 5.32 Å². The Labute approximate surface area is 122 Å². The zero-order valence-corrected chi connectivity index (χ0v) is 11.9. The van der Waals surface area contributed by atoms with Crippen molar-refractivity contribution in [1.82, 2.24) is 4.90 Å². The average molecular weight is 293 g/mol. The van der Waals surface area contributed by atoms with E-state index in [4.69, 9.17) is 0 Å². The van der Waals surface area contributed by atoms with Crippen LogP contribution >= 0.6 is 0 Å². The van der Waals surface area contributed by atoms with Crippen LogP contribution in [-0.4, -0.2) is 40.2 Å². The van der Waals surface area contributed by atoms with Crippen molar-refractivity contribution in [2.75, 3.05) is 18.5 Å². The molecule has 2 amide bonds. The van der Waals surface area contributed by atoms with Crippen LogP contribution in [0.1, 0.15) is 19.8 Å². The third-order valence-corrected chi connectivity index (χ3v) is 3.87. The summed E-state index contributed by atoms with van der Waals surface area (Å²) in [7, 11) is 0. The Morgan fingerprint density at radius 2 is 2.33 bits per heavy atom. The Morgan fingerprint density at radius 3 is 3.00 bits per heavy atom. The number of carbonyl (C=O) groups is 1. The average Bonchev–Trinajstić information content (AvgIpc) is 2.47. The van der Waals surface area contributed by atoms with Crippen LogP contribution < -0.4 is 5.32 Å². The number of urea groups is 1. The predicted octanol–water partition coefficient (Wildman–Crippen LogP) is 2.22. The fraction of sp³-hybridized carbons (Fsp3) is 0.500. The Bertz CT molecular complexity index is 535. The van der Waals surface area contributed by atoms with Crippen LogP contribution in [0, 0.1) is 16.0 Å². The highest BCUT2D eigenvalue weighted by Crippen LogP contribution is 2.24. The molecule has 2 rings (SSSR count). The second kappa shape index (κ2) is 6.53. The molecule has 0 aliphatic carbocycles. The molecule has 7 nitrogen and oxygen atoms in total.